The molecule has 4 nitrogen and oxygen atoms in total. The number of hydrogen-bond donors (Lipinski definition) is 0. The smallest absolute Gasteiger partial charge is 0.281 e. The minimum absolute atomic E-state index is 0.0828. The second kappa shape index (κ2) is 7.87. The van der Waals surface area contributed by atoms with Gasteiger partial charge in [-0.2, -0.15) is 0 Å². The predicted molar refractivity (Wildman–Crippen MR) is 157 cm³/mol. The normalized spacial score (nSPS) is 25.8. The van der Waals surface area contributed by atoms with Crippen molar-refractivity contribution in [1.29, 1.82) is 0 Å². The van der Waals surface area contributed by atoms with E-state index in [9.17, 15) is 0 Å². The molecule has 2 aliphatic carbocycles. The molecule has 0 saturated heterocycles. The van der Waals surface area contributed by atoms with E-state index in [1.165, 1.54) is 55.1 Å². The van der Waals surface area contributed by atoms with E-state index >= 15 is 0 Å². The molecule has 39 heavy (non-hydrogen) atoms. The number of aliphatic imine (C=N–C) groups is 1. The Bertz CT molecular complexity index is 1750. The molecule has 2 aliphatic heterocycles. The Balaban J connectivity index is 1.40. The van der Waals surface area contributed by atoms with Crippen LogP contribution in [0, 0.1) is 5.41 Å². The van der Waals surface area contributed by atoms with Gasteiger partial charge in [-0.1, -0.05) is 80.4 Å². The van der Waals surface area contributed by atoms with Gasteiger partial charge in [0.15, 0.2) is 12.1 Å². The number of nitrogens with zero attached hydrogens (tertiary/aromatic N) is 2. The lowest BCUT2D eigenvalue weighted by atomic mass is 9.80. The molecule has 4 heteroatoms. The van der Waals surface area contributed by atoms with Crippen LogP contribution < -0.4 is 0 Å². The average Bonchev–Trinajstić information content (AvgIpc) is 3.48. The van der Waals surface area contributed by atoms with Crippen LogP contribution in [0.1, 0.15) is 60.4 Å². The van der Waals surface area contributed by atoms with Gasteiger partial charge in [-0.3, -0.25) is 0 Å². The summed E-state index contributed by atoms with van der Waals surface area (Å²) in [4.78, 5) is 5.22. The second-order valence-corrected chi connectivity index (χ2v) is 13.0. The fourth-order valence-electron chi connectivity index (χ4n) is 8.05. The molecule has 1 saturated carbocycles. The molecular weight excluding hydrogens is 480 g/mol. The first-order valence-electron chi connectivity index (χ1n) is 14.2. The molecule has 0 bridgehead atoms. The molecule has 1 fully saturated rings. The summed E-state index contributed by atoms with van der Waals surface area (Å²) in [5, 5.41) is 5.33. The molecule has 0 aromatic heterocycles. The number of fused-ring (bicyclic) bond motifs is 12. The van der Waals surface area contributed by atoms with Crippen molar-refractivity contribution in [3.05, 3.63) is 94.5 Å². The highest BCUT2D eigenvalue weighted by molar-refractivity contribution is 6.10. The second-order valence-electron chi connectivity index (χ2n) is 13.0. The van der Waals surface area contributed by atoms with E-state index in [2.05, 4.69) is 98.4 Å². The summed E-state index contributed by atoms with van der Waals surface area (Å²) in [5.41, 5.74) is 8.60. The highest BCUT2D eigenvalue weighted by atomic mass is 16.7. The summed E-state index contributed by atoms with van der Waals surface area (Å²) in [7, 11) is 3.56. The van der Waals surface area contributed by atoms with Crippen LogP contribution in [-0.4, -0.2) is 48.7 Å². The van der Waals surface area contributed by atoms with E-state index < -0.39 is 5.79 Å². The zero-order chi connectivity index (χ0) is 26.7. The number of hydrogen-bond acceptors (Lipinski definition) is 3. The van der Waals surface area contributed by atoms with Crippen LogP contribution in [0.15, 0.2) is 71.7 Å². The van der Waals surface area contributed by atoms with Crippen molar-refractivity contribution in [2.75, 3.05) is 14.2 Å². The first-order valence-corrected chi connectivity index (χ1v) is 14.2. The van der Waals surface area contributed by atoms with Gasteiger partial charge < -0.3 is 9.47 Å². The number of rotatable bonds is 3. The molecule has 0 spiro atoms. The standard InChI is InChI=1S/C35H35N2O2/c1-34(2,3)18-22-16-26-25(24-13-9-8-12-23(22)24)17-29-30(26)32-28-15-21-11-7-6-10-20(21)14-27(28)31-33(37(32)19-36-29)35(31,38-4)39-5/h6-16,19,29-31,33H,17-18H2,1-5H3/q+1. The quantitative estimate of drug-likeness (QED) is 0.227. The van der Waals surface area contributed by atoms with Crippen molar-refractivity contribution >= 4 is 33.6 Å². The van der Waals surface area contributed by atoms with Crippen LogP contribution in [0.3, 0.4) is 0 Å². The van der Waals surface area contributed by atoms with Gasteiger partial charge in [0, 0.05) is 26.2 Å². The molecule has 4 aliphatic rings. The zero-order valence-electron chi connectivity index (χ0n) is 23.4. The summed E-state index contributed by atoms with van der Waals surface area (Å²) < 4.78 is 14.7. The molecule has 4 aromatic carbocycles. The Morgan fingerprint density at radius 3 is 2.31 bits per heavy atom. The molecule has 0 amide bonds. The largest absolute Gasteiger partial charge is 0.349 e. The molecule has 4 unspecified atom stereocenters. The van der Waals surface area contributed by atoms with Gasteiger partial charge in [-0.25, -0.2) is 4.58 Å². The first kappa shape index (κ1) is 23.5. The van der Waals surface area contributed by atoms with E-state index in [1.54, 1.807) is 14.2 Å². The molecule has 196 valence electrons. The van der Waals surface area contributed by atoms with Crippen molar-refractivity contribution in [1.82, 2.24) is 0 Å². The topological polar surface area (TPSA) is 33.8 Å². The Labute approximate surface area is 230 Å². The maximum absolute atomic E-state index is 6.14. The summed E-state index contributed by atoms with van der Waals surface area (Å²) in [5.74, 6) is -0.311. The number of ether oxygens (including phenoxy) is 2. The fourth-order valence-corrected chi connectivity index (χ4v) is 8.05. The third kappa shape index (κ3) is 3.13. The van der Waals surface area contributed by atoms with Crippen molar-refractivity contribution in [3.8, 4) is 0 Å². The summed E-state index contributed by atoms with van der Waals surface area (Å²) in [6.45, 7) is 7.01. The molecular formula is C35H35N2O2+. The summed E-state index contributed by atoms with van der Waals surface area (Å²) >= 11 is 0. The van der Waals surface area contributed by atoms with Crippen LogP contribution in [-0.2, 0) is 22.3 Å². The predicted octanol–water partition coefficient (Wildman–Crippen LogP) is 6.60. The lowest BCUT2D eigenvalue weighted by Crippen LogP contribution is -2.41. The van der Waals surface area contributed by atoms with Crippen LogP contribution >= 0.6 is 0 Å². The van der Waals surface area contributed by atoms with E-state index in [-0.39, 0.29) is 29.3 Å². The summed E-state index contributed by atoms with van der Waals surface area (Å²) in [6, 6.07) is 25.3. The zero-order valence-corrected chi connectivity index (χ0v) is 23.4. The Morgan fingerprint density at radius 1 is 0.897 bits per heavy atom. The van der Waals surface area contributed by atoms with E-state index in [0.717, 1.165) is 12.8 Å². The highest BCUT2D eigenvalue weighted by Gasteiger charge is 2.76. The van der Waals surface area contributed by atoms with E-state index in [4.69, 9.17) is 14.5 Å². The summed E-state index contributed by atoms with van der Waals surface area (Å²) in [6.07, 6.45) is 4.11. The Morgan fingerprint density at radius 2 is 1.59 bits per heavy atom. The first-order chi connectivity index (χ1) is 18.8. The molecule has 8 rings (SSSR count). The molecule has 2 heterocycles. The molecule has 0 N–H and O–H groups in total. The lowest BCUT2D eigenvalue weighted by molar-refractivity contribution is -0.444. The average molecular weight is 516 g/mol. The third-order valence-electron chi connectivity index (χ3n) is 9.60. The molecule has 0 radical (unpaired) electrons. The van der Waals surface area contributed by atoms with Gasteiger partial charge in [0.25, 0.3) is 6.34 Å². The SMILES string of the molecule is COC1(OC)C2c3cc4ccccc4cc3C3=[N+](C=NC4Cc5c(cc(CC(C)(C)C)c6ccccc56)C34)C21. The minimum atomic E-state index is -0.667. The van der Waals surface area contributed by atoms with Crippen molar-refractivity contribution in [3.63, 3.8) is 0 Å². The van der Waals surface area contributed by atoms with Gasteiger partial charge in [-0.15, -0.1) is 0 Å². The lowest BCUT2D eigenvalue weighted by Gasteiger charge is -2.27. The molecule has 4 atom stereocenters. The third-order valence-corrected chi connectivity index (χ3v) is 9.60. The van der Waals surface area contributed by atoms with Gasteiger partial charge >= 0.3 is 0 Å². The number of methoxy groups -OCH3 is 2. The highest BCUT2D eigenvalue weighted by Crippen LogP contribution is 2.61. The van der Waals surface area contributed by atoms with Crippen molar-refractivity contribution in [2.45, 2.75) is 63.3 Å². The number of benzene rings is 4. The molecule has 4 aromatic rings. The maximum atomic E-state index is 6.14. The van der Waals surface area contributed by atoms with Crippen LogP contribution in [0.5, 0.6) is 0 Å². The monoisotopic (exact) mass is 515 g/mol. The fraction of sp³-hybridized carbons (Fsp3) is 0.371. The van der Waals surface area contributed by atoms with Gasteiger partial charge in [0.1, 0.15) is 5.71 Å². The maximum Gasteiger partial charge on any atom is 0.281 e. The van der Waals surface area contributed by atoms with Gasteiger partial charge in [-0.05, 0) is 67.8 Å². The van der Waals surface area contributed by atoms with Gasteiger partial charge in [0.05, 0.1) is 11.8 Å². The van der Waals surface area contributed by atoms with E-state index in [0.29, 0.717) is 0 Å². The Kier molecular flexibility index (Phi) is 4.75. The minimum Gasteiger partial charge on any atom is -0.349 e. The van der Waals surface area contributed by atoms with Crippen LogP contribution in [0.4, 0.5) is 0 Å². The Hall–Kier alpha value is -3.34. The van der Waals surface area contributed by atoms with Crippen LogP contribution in [0.25, 0.3) is 21.5 Å². The van der Waals surface area contributed by atoms with Crippen molar-refractivity contribution in [2.24, 2.45) is 10.4 Å². The van der Waals surface area contributed by atoms with Crippen LogP contribution in [0.2, 0.25) is 0 Å². The van der Waals surface area contributed by atoms with E-state index in [1.807, 2.05) is 0 Å². The van der Waals surface area contributed by atoms with Crippen molar-refractivity contribution < 1.29 is 14.0 Å². The van der Waals surface area contributed by atoms with Gasteiger partial charge in [0.2, 0.25) is 5.79 Å².